The fraction of sp³-hybridized carbons (Fsp3) is 0. The molecule has 2 rings (SSSR count). The lowest BCUT2D eigenvalue weighted by molar-refractivity contribution is 0.472. The summed E-state index contributed by atoms with van der Waals surface area (Å²) < 4.78 is 0. The molecular formula is C10H8N2O. The highest BCUT2D eigenvalue weighted by molar-refractivity contribution is 5.77. The van der Waals surface area contributed by atoms with E-state index in [4.69, 9.17) is 0 Å². The molecule has 0 aliphatic carbocycles. The Hall–Kier alpha value is -1.90. The van der Waals surface area contributed by atoms with Gasteiger partial charge in [-0.05, 0) is 18.2 Å². The minimum Gasteiger partial charge on any atom is -0.506 e. The van der Waals surface area contributed by atoms with Gasteiger partial charge in [0.05, 0.1) is 11.0 Å². The molecule has 0 saturated carbocycles. The van der Waals surface area contributed by atoms with Crippen molar-refractivity contribution in [1.29, 1.82) is 0 Å². The van der Waals surface area contributed by atoms with Gasteiger partial charge in [-0.1, -0.05) is 6.58 Å². The number of rotatable bonds is 1. The Balaban J connectivity index is 2.81. The molecule has 2 aromatic rings. The molecule has 13 heavy (non-hydrogen) atoms. The summed E-state index contributed by atoms with van der Waals surface area (Å²) in [6.07, 6.45) is 3.18. The second-order valence-electron chi connectivity index (χ2n) is 2.64. The van der Waals surface area contributed by atoms with E-state index in [1.807, 2.05) is 6.07 Å². The van der Waals surface area contributed by atoms with Crippen LogP contribution in [0.1, 0.15) is 5.69 Å². The zero-order valence-corrected chi connectivity index (χ0v) is 6.94. The van der Waals surface area contributed by atoms with Crippen LogP contribution in [0, 0.1) is 0 Å². The van der Waals surface area contributed by atoms with E-state index in [-0.39, 0.29) is 5.75 Å². The SMILES string of the molecule is C=Cc1nc2cccnc2cc1O. The molecule has 0 fully saturated rings. The summed E-state index contributed by atoms with van der Waals surface area (Å²) in [5, 5.41) is 9.43. The van der Waals surface area contributed by atoms with E-state index in [9.17, 15) is 5.11 Å². The van der Waals surface area contributed by atoms with Crippen LogP contribution >= 0.6 is 0 Å². The van der Waals surface area contributed by atoms with E-state index in [1.54, 1.807) is 18.3 Å². The summed E-state index contributed by atoms with van der Waals surface area (Å²) in [7, 11) is 0. The molecule has 0 spiro atoms. The third-order valence-corrected chi connectivity index (χ3v) is 1.79. The standard InChI is InChI=1S/C10H8N2O/c1-2-7-10(13)6-9-8(12-7)4-3-5-11-9/h2-6,13H,1H2. The lowest BCUT2D eigenvalue weighted by Gasteiger charge is -2.00. The Morgan fingerprint density at radius 3 is 3.00 bits per heavy atom. The summed E-state index contributed by atoms with van der Waals surface area (Å²) >= 11 is 0. The molecule has 0 amide bonds. The minimum atomic E-state index is 0.112. The van der Waals surface area contributed by atoms with Crippen molar-refractivity contribution in [2.24, 2.45) is 0 Å². The Bertz CT molecular complexity index is 465. The minimum absolute atomic E-state index is 0.112. The molecule has 0 aliphatic heterocycles. The van der Waals surface area contributed by atoms with Crippen molar-refractivity contribution in [3.8, 4) is 5.75 Å². The first kappa shape index (κ1) is 7.73. The molecule has 0 saturated heterocycles. The maximum atomic E-state index is 9.43. The van der Waals surface area contributed by atoms with E-state index in [0.717, 1.165) is 5.52 Å². The molecule has 0 aromatic carbocycles. The summed E-state index contributed by atoms with van der Waals surface area (Å²) in [5.74, 6) is 0.112. The molecule has 2 heterocycles. The largest absolute Gasteiger partial charge is 0.506 e. The average molecular weight is 172 g/mol. The van der Waals surface area contributed by atoms with Gasteiger partial charge in [-0.3, -0.25) is 4.98 Å². The van der Waals surface area contributed by atoms with Gasteiger partial charge in [-0.2, -0.15) is 0 Å². The molecule has 0 bridgehead atoms. The van der Waals surface area contributed by atoms with Gasteiger partial charge in [0.2, 0.25) is 0 Å². The predicted octanol–water partition coefficient (Wildman–Crippen LogP) is 1.98. The zero-order chi connectivity index (χ0) is 9.26. The molecule has 0 unspecified atom stereocenters. The average Bonchev–Trinajstić information content (AvgIpc) is 2.17. The fourth-order valence-electron chi connectivity index (χ4n) is 1.16. The predicted molar refractivity (Wildman–Crippen MR) is 51.3 cm³/mol. The second kappa shape index (κ2) is 2.86. The monoisotopic (exact) mass is 172 g/mol. The number of hydrogen-bond acceptors (Lipinski definition) is 3. The Labute approximate surface area is 75.4 Å². The quantitative estimate of drug-likeness (QED) is 0.715. The first-order chi connectivity index (χ1) is 6.31. The molecule has 3 heteroatoms. The van der Waals surface area contributed by atoms with E-state index >= 15 is 0 Å². The maximum Gasteiger partial charge on any atom is 0.143 e. The number of pyridine rings is 2. The third-order valence-electron chi connectivity index (χ3n) is 1.79. The maximum absolute atomic E-state index is 9.43. The first-order valence-electron chi connectivity index (χ1n) is 3.88. The van der Waals surface area contributed by atoms with Crippen molar-refractivity contribution in [1.82, 2.24) is 9.97 Å². The van der Waals surface area contributed by atoms with Crippen LogP contribution in [0.5, 0.6) is 5.75 Å². The number of aromatic hydroxyl groups is 1. The smallest absolute Gasteiger partial charge is 0.143 e. The van der Waals surface area contributed by atoms with Crippen molar-refractivity contribution in [2.75, 3.05) is 0 Å². The molecule has 0 aliphatic rings. The van der Waals surface area contributed by atoms with Gasteiger partial charge in [-0.25, -0.2) is 4.98 Å². The number of hydrogen-bond donors (Lipinski definition) is 1. The lowest BCUT2D eigenvalue weighted by Crippen LogP contribution is -1.86. The zero-order valence-electron chi connectivity index (χ0n) is 6.94. The fourth-order valence-corrected chi connectivity index (χ4v) is 1.16. The van der Waals surface area contributed by atoms with Crippen molar-refractivity contribution in [2.45, 2.75) is 0 Å². The molecule has 0 atom stereocenters. The van der Waals surface area contributed by atoms with Crippen LogP contribution in [-0.2, 0) is 0 Å². The van der Waals surface area contributed by atoms with Crippen LogP contribution in [0.25, 0.3) is 17.1 Å². The van der Waals surface area contributed by atoms with Gasteiger partial charge in [0, 0.05) is 12.3 Å². The second-order valence-corrected chi connectivity index (χ2v) is 2.64. The number of aromatic nitrogens is 2. The number of nitrogens with zero attached hydrogens (tertiary/aromatic N) is 2. The first-order valence-corrected chi connectivity index (χ1v) is 3.88. The van der Waals surface area contributed by atoms with Gasteiger partial charge in [0.25, 0.3) is 0 Å². The summed E-state index contributed by atoms with van der Waals surface area (Å²) in [5.41, 5.74) is 1.93. The van der Waals surface area contributed by atoms with Crippen molar-refractivity contribution in [3.05, 3.63) is 36.7 Å². The Kier molecular flexibility index (Phi) is 1.70. The highest BCUT2D eigenvalue weighted by atomic mass is 16.3. The van der Waals surface area contributed by atoms with Crippen LogP contribution in [0.2, 0.25) is 0 Å². The van der Waals surface area contributed by atoms with Crippen LogP contribution in [0.4, 0.5) is 0 Å². The van der Waals surface area contributed by atoms with Gasteiger partial charge in [-0.15, -0.1) is 0 Å². The molecule has 64 valence electrons. The van der Waals surface area contributed by atoms with Gasteiger partial charge < -0.3 is 5.11 Å². The Morgan fingerprint density at radius 1 is 1.38 bits per heavy atom. The van der Waals surface area contributed by atoms with E-state index < -0.39 is 0 Å². The van der Waals surface area contributed by atoms with E-state index in [2.05, 4.69) is 16.5 Å². The normalized spacial score (nSPS) is 10.2. The summed E-state index contributed by atoms with van der Waals surface area (Å²) in [6, 6.07) is 5.23. The van der Waals surface area contributed by atoms with Crippen molar-refractivity contribution >= 4 is 17.1 Å². The Morgan fingerprint density at radius 2 is 2.23 bits per heavy atom. The van der Waals surface area contributed by atoms with Crippen LogP contribution in [0.15, 0.2) is 31.0 Å². The molecule has 3 nitrogen and oxygen atoms in total. The van der Waals surface area contributed by atoms with E-state index in [0.29, 0.717) is 11.2 Å². The highest BCUT2D eigenvalue weighted by Crippen LogP contribution is 2.20. The van der Waals surface area contributed by atoms with Gasteiger partial charge in [0.1, 0.15) is 11.4 Å². The number of fused-ring (bicyclic) bond motifs is 1. The van der Waals surface area contributed by atoms with Crippen molar-refractivity contribution in [3.63, 3.8) is 0 Å². The molecule has 0 radical (unpaired) electrons. The van der Waals surface area contributed by atoms with Crippen LogP contribution < -0.4 is 0 Å². The summed E-state index contributed by atoms with van der Waals surface area (Å²) in [4.78, 5) is 8.22. The molecule has 2 aromatic heterocycles. The van der Waals surface area contributed by atoms with Gasteiger partial charge >= 0.3 is 0 Å². The molecular weight excluding hydrogens is 164 g/mol. The van der Waals surface area contributed by atoms with Crippen LogP contribution in [-0.4, -0.2) is 15.1 Å². The topological polar surface area (TPSA) is 46.0 Å². The summed E-state index contributed by atoms with van der Waals surface area (Å²) in [6.45, 7) is 3.56. The van der Waals surface area contributed by atoms with E-state index in [1.165, 1.54) is 6.08 Å². The van der Waals surface area contributed by atoms with Crippen LogP contribution in [0.3, 0.4) is 0 Å². The van der Waals surface area contributed by atoms with Crippen molar-refractivity contribution < 1.29 is 5.11 Å². The lowest BCUT2D eigenvalue weighted by atomic mass is 10.2. The third kappa shape index (κ3) is 1.24. The molecule has 1 N–H and O–H groups in total. The van der Waals surface area contributed by atoms with Gasteiger partial charge in [0.15, 0.2) is 0 Å². The highest BCUT2D eigenvalue weighted by Gasteiger charge is 2.01.